The molecule has 1 fully saturated rings. The summed E-state index contributed by atoms with van der Waals surface area (Å²) >= 11 is 0. The third kappa shape index (κ3) is 1.83. The van der Waals surface area contributed by atoms with E-state index in [0.717, 1.165) is 31.9 Å². The SMILES string of the molecule is CN1CCC(CN)C1c1ccc2c(c1)CCO2. The second-order valence-electron chi connectivity index (χ2n) is 5.18. The van der Waals surface area contributed by atoms with Crippen LogP contribution in [0, 0.1) is 5.92 Å². The monoisotopic (exact) mass is 232 g/mol. The molecule has 2 unspecified atom stereocenters. The van der Waals surface area contributed by atoms with Gasteiger partial charge in [-0.25, -0.2) is 0 Å². The highest BCUT2D eigenvalue weighted by molar-refractivity contribution is 5.41. The summed E-state index contributed by atoms with van der Waals surface area (Å²) in [4.78, 5) is 2.43. The zero-order valence-electron chi connectivity index (χ0n) is 10.4. The zero-order chi connectivity index (χ0) is 11.8. The largest absolute Gasteiger partial charge is 0.493 e. The maximum absolute atomic E-state index is 5.89. The Morgan fingerprint density at radius 3 is 3.18 bits per heavy atom. The number of ether oxygens (including phenoxy) is 1. The third-order valence-electron chi connectivity index (χ3n) is 4.13. The van der Waals surface area contributed by atoms with Gasteiger partial charge in [-0.15, -0.1) is 0 Å². The molecular weight excluding hydrogens is 212 g/mol. The van der Waals surface area contributed by atoms with Crippen LogP contribution in [0.4, 0.5) is 0 Å². The Hall–Kier alpha value is -1.06. The molecule has 0 amide bonds. The van der Waals surface area contributed by atoms with Crippen molar-refractivity contribution in [1.82, 2.24) is 4.90 Å². The average Bonchev–Trinajstić information content (AvgIpc) is 2.93. The van der Waals surface area contributed by atoms with Crippen molar-refractivity contribution in [3.63, 3.8) is 0 Å². The molecule has 1 aromatic rings. The van der Waals surface area contributed by atoms with Crippen LogP contribution in [0.25, 0.3) is 0 Å². The van der Waals surface area contributed by atoms with E-state index in [1.807, 2.05) is 0 Å². The van der Waals surface area contributed by atoms with Gasteiger partial charge in [0, 0.05) is 12.5 Å². The molecule has 0 aromatic heterocycles. The predicted octanol–water partition coefficient (Wildman–Crippen LogP) is 1.57. The smallest absolute Gasteiger partial charge is 0.122 e. The van der Waals surface area contributed by atoms with Crippen molar-refractivity contribution >= 4 is 0 Å². The van der Waals surface area contributed by atoms with Gasteiger partial charge < -0.3 is 10.5 Å². The van der Waals surface area contributed by atoms with E-state index in [4.69, 9.17) is 10.5 Å². The van der Waals surface area contributed by atoms with E-state index in [-0.39, 0.29) is 0 Å². The Morgan fingerprint density at radius 2 is 2.35 bits per heavy atom. The molecule has 0 spiro atoms. The molecule has 3 rings (SSSR count). The molecule has 2 heterocycles. The topological polar surface area (TPSA) is 38.5 Å². The van der Waals surface area contributed by atoms with Crippen molar-refractivity contribution in [2.75, 3.05) is 26.7 Å². The van der Waals surface area contributed by atoms with Crippen molar-refractivity contribution in [2.45, 2.75) is 18.9 Å². The van der Waals surface area contributed by atoms with E-state index in [0.29, 0.717) is 12.0 Å². The van der Waals surface area contributed by atoms with E-state index in [9.17, 15) is 0 Å². The lowest BCUT2D eigenvalue weighted by Gasteiger charge is -2.25. The van der Waals surface area contributed by atoms with Crippen molar-refractivity contribution in [1.29, 1.82) is 0 Å². The van der Waals surface area contributed by atoms with Crippen molar-refractivity contribution < 1.29 is 4.74 Å². The first-order valence-corrected chi connectivity index (χ1v) is 6.45. The lowest BCUT2D eigenvalue weighted by atomic mass is 9.92. The fraction of sp³-hybridized carbons (Fsp3) is 0.571. The Labute approximate surface area is 103 Å². The second-order valence-corrected chi connectivity index (χ2v) is 5.18. The molecule has 0 saturated carbocycles. The molecule has 2 N–H and O–H groups in total. The Morgan fingerprint density at radius 1 is 1.47 bits per heavy atom. The lowest BCUT2D eigenvalue weighted by Crippen LogP contribution is -2.25. The molecule has 2 aliphatic heterocycles. The first-order valence-electron chi connectivity index (χ1n) is 6.45. The van der Waals surface area contributed by atoms with Gasteiger partial charge in [-0.1, -0.05) is 12.1 Å². The third-order valence-corrected chi connectivity index (χ3v) is 4.13. The lowest BCUT2D eigenvalue weighted by molar-refractivity contribution is 0.279. The summed E-state index contributed by atoms with van der Waals surface area (Å²) in [6.45, 7) is 2.77. The number of nitrogens with zero attached hydrogens (tertiary/aromatic N) is 1. The fourth-order valence-electron chi connectivity index (χ4n) is 3.19. The van der Waals surface area contributed by atoms with Gasteiger partial charge in [0.05, 0.1) is 6.61 Å². The summed E-state index contributed by atoms with van der Waals surface area (Å²) in [6.07, 6.45) is 2.26. The van der Waals surface area contributed by atoms with E-state index in [2.05, 4.69) is 30.1 Å². The molecule has 3 heteroatoms. The van der Waals surface area contributed by atoms with Crippen LogP contribution in [0.2, 0.25) is 0 Å². The molecule has 1 aromatic carbocycles. The Balaban J connectivity index is 1.92. The molecule has 3 nitrogen and oxygen atoms in total. The fourth-order valence-corrected chi connectivity index (χ4v) is 3.19. The van der Waals surface area contributed by atoms with Crippen LogP contribution in [-0.4, -0.2) is 31.6 Å². The van der Waals surface area contributed by atoms with Crippen molar-refractivity contribution in [2.24, 2.45) is 11.7 Å². The number of likely N-dealkylation sites (tertiary alicyclic amines) is 1. The number of nitrogens with two attached hydrogens (primary N) is 1. The van der Waals surface area contributed by atoms with Crippen molar-refractivity contribution in [3.8, 4) is 5.75 Å². The van der Waals surface area contributed by atoms with Gasteiger partial charge in [-0.05, 0) is 49.7 Å². The van der Waals surface area contributed by atoms with E-state index >= 15 is 0 Å². The molecular formula is C14H20N2O. The Kier molecular flexibility index (Phi) is 2.81. The molecule has 2 aliphatic rings. The highest BCUT2D eigenvalue weighted by Gasteiger charge is 2.32. The number of fused-ring (bicyclic) bond motifs is 1. The second kappa shape index (κ2) is 4.31. The number of rotatable bonds is 2. The van der Waals surface area contributed by atoms with Crippen molar-refractivity contribution in [3.05, 3.63) is 29.3 Å². The first kappa shape index (κ1) is 11.1. The standard InChI is InChI=1S/C14H20N2O/c1-16-6-4-12(9-15)14(16)11-2-3-13-10(8-11)5-7-17-13/h2-3,8,12,14H,4-7,9,15H2,1H3. The zero-order valence-corrected chi connectivity index (χ0v) is 10.4. The van der Waals surface area contributed by atoms with Gasteiger partial charge in [0.1, 0.15) is 5.75 Å². The molecule has 0 aliphatic carbocycles. The van der Waals surface area contributed by atoms with Gasteiger partial charge in [0.15, 0.2) is 0 Å². The maximum Gasteiger partial charge on any atom is 0.122 e. The minimum Gasteiger partial charge on any atom is -0.493 e. The summed E-state index contributed by atoms with van der Waals surface area (Å²) in [6, 6.07) is 7.14. The van der Waals surface area contributed by atoms with Gasteiger partial charge in [-0.2, -0.15) is 0 Å². The van der Waals surface area contributed by atoms with E-state index < -0.39 is 0 Å². The van der Waals surface area contributed by atoms with E-state index in [1.54, 1.807) is 0 Å². The van der Waals surface area contributed by atoms with Crippen LogP contribution in [0.15, 0.2) is 18.2 Å². The summed E-state index contributed by atoms with van der Waals surface area (Å²) in [5.41, 5.74) is 8.65. The summed E-state index contributed by atoms with van der Waals surface area (Å²) in [7, 11) is 2.20. The normalized spacial score (nSPS) is 28.1. The number of hydrogen-bond acceptors (Lipinski definition) is 3. The first-order chi connectivity index (χ1) is 8.29. The predicted molar refractivity (Wildman–Crippen MR) is 68.2 cm³/mol. The van der Waals surface area contributed by atoms with Crippen LogP contribution in [0.3, 0.4) is 0 Å². The van der Waals surface area contributed by atoms with Gasteiger partial charge in [0.2, 0.25) is 0 Å². The molecule has 0 radical (unpaired) electrons. The van der Waals surface area contributed by atoms with Gasteiger partial charge >= 0.3 is 0 Å². The van der Waals surface area contributed by atoms with Gasteiger partial charge in [-0.3, -0.25) is 4.90 Å². The minimum atomic E-state index is 0.492. The molecule has 0 bridgehead atoms. The maximum atomic E-state index is 5.89. The van der Waals surface area contributed by atoms with Gasteiger partial charge in [0.25, 0.3) is 0 Å². The summed E-state index contributed by atoms with van der Waals surface area (Å²) in [5, 5.41) is 0. The molecule has 2 atom stereocenters. The minimum absolute atomic E-state index is 0.492. The van der Waals surface area contributed by atoms with Crippen LogP contribution >= 0.6 is 0 Å². The quantitative estimate of drug-likeness (QED) is 0.841. The number of benzene rings is 1. The van der Waals surface area contributed by atoms with E-state index in [1.165, 1.54) is 17.5 Å². The number of hydrogen-bond donors (Lipinski definition) is 1. The molecule has 1 saturated heterocycles. The Bertz CT molecular complexity index is 419. The molecule has 17 heavy (non-hydrogen) atoms. The molecule has 92 valence electrons. The average molecular weight is 232 g/mol. The summed E-state index contributed by atoms with van der Waals surface area (Å²) < 4.78 is 5.56. The highest BCUT2D eigenvalue weighted by atomic mass is 16.5. The van der Waals surface area contributed by atoms with Crippen LogP contribution in [0.1, 0.15) is 23.6 Å². The van der Waals surface area contributed by atoms with Crippen LogP contribution in [-0.2, 0) is 6.42 Å². The van der Waals surface area contributed by atoms with Crippen LogP contribution in [0.5, 0.6) is 5.75 Å². The highest BCUT2D eigenvalue weighted by Crippen LogP contribution is 2.37. The summed E-state index contributed by atoms with van der Waals surface area (Å²) in [5.74, 6) is 1.67. The van der Waals surface area contributed by atoms with Crippen LogP contribution < -0.4 is 10.5 Å².